The lowest BCUT2D eigenvalue weighted by Crippen LogP contribution is -2.52. The summed E-state index contributed by atoms with van der Waals surface area (Å²) in [7, 11) is -2.34. The number of ether oxygens (including phenoxy) is 1. The highest BCUT2D eigenvalue weighted by molar-refractivity contribution is 7.89. The second kappa shape index (κ2) is 13.8. The number of nitriles is 1. The lowest BCUT2D eigenvalue weighted by Gasteiger charge is -2.35. The number of rotatable bonds is 13. The molecule has 0 saturated carbocycles. The van der Waals surface area contributed by atoms with E-state index in [1.807, 2.05) is 44.2 Å². The third-order valence-corrected chi connectivity index (χ3v) is 7.94. The van der Waals surface area contributed by atoms with Crippen molar-refractivity contribution in [2.75, 3.05) is 25.5 Å². The van der Waals surface area contributed by atoms with Crippen LogP contribution in [-0.4, -0.2) is 61.8 Å². The summed E-state index contributed by atoms with van der Waals surface area (Å²) < 4.78 is 34.4. The molecule has 0 aliphatic carbocycles. The molecule has 0 saturated heterocycles. The summed E-state index contributed by atoms with van der Waals surface area (Å²) in [5.41, 5.74) is 0.207. The molecule has 2 aromatic rings. The van der Waals surface area contributed by atoms with Crippen molar-refractivity contribution in [2.24, 2.45) is 5.41 Å². The number of sulfonamides is 1. The maximum atomic E-state index is 13.9. The van der Waals surface area contributed by atoms with Crippen LogP contribution in [0.2, 0.25) is 0 Å². The summed E-state index contributed by atoms with van der Waals surface area (Å²) >= 11 is 0. The van der Waals surface area contributed by atoms with Gasteiger partial charge in [-0.2, -0.15) is 9.57 Å². The van der Waals surface area contributed by atoms with Gasteiger partial charge in [0.1, 0.15) is 5.60 Å². The summed E-state index contributed by atoms with van der Waals surface area (Å²) in [5.74, 6) is 0. The molecule has 0 aliphatic rings. The van der Waals surface area contributed by atoms with Crippen LogP contribution in [0.3, 0.4) is 0 Å². The normalized spacial score (nSPS) is 13.8. The van der Waals surface area contributed by atoms with Gasteiger partial charge in [-0.05, 0) is 62.8 Å². The molecule has 2 aromatic carbocycles. The third kappa shape index (κ3) is 10.5. The van der Waals surface area contributed by atoms with Gasteiger partial charge in [0.05, 0.1) is 23.1 Å². The van der Waals surface area contributed by atoms with Gasteiger partial charge in [-0.15, -0.1) is 0 Å². The Morgan fingerprint density at radius 2 is 1.77 bits per heavy atom. The van der Waals surface area contributed by atoms with Gasteiger partial charge in [-0.3, -0.25) is 0 Å². The number of amides is 1. The van der Waals surface area contributed by atoms with Crippen LogP contribution in [0.5, 0.6) is 0 Å². The van der Waals surface area contributed by atoms with E-state index in [2.05, 4.69) is 16.7 Å². The largest absolute Gasteiger partial charge is 0.444 e. The fourth-order valence-corrected chi connectivity index (χ4v) is 5.80. The quantitative estimate of drug-likeness (QED) is 0.329. The smallest absolute Gasteiger partial charge is 0.407 e. The Balaban J connectivity index is 2.43. The molecular weight excluding hydrogens is 516 g/mol. The molecule has 2 atom stereocenters. The Morgan fingerprint density at radius 1 is 1.10 bits per heavy atom. The maximum Gasteiger partial charge on any atom is 0.407 e. The monoisotopic (exact) mass is 558 g/mol. The molecule has 0 bridgehead atoms. The average molecular weight is 559 g/mol. The standard InChI is InChI=1S/C29H42N4O5S/c1-28(2,3)38-27(35)32-25(18-22-12-8-7-9-13-22)26(34)20-33(21-29(4,5)16-11-17-30)39(36,37)24-15-10-14-23(19-24)31-6/h7-10,12-15,19,25-26,31,34H,11,16,18,20-21H2,1-6H3,(H,32,35). The Labute approximate surface area is 233 Å². The summed E-state index contributed by atoms with van der Waals surface area (Å²) in [4.78, 5) is 12.8. The number of nitrogens with one attached hydrogen (secondary N) is 2. The molecule has 3 N–H and O–H groups in total. The number of hydrogen-bond donors (Lipinski definition) is 3. The van der Waals surface area contributed by atoms with Crippen LogP contribution in [-0.2, 0) is 21.2 Å². The molecular formula is C29H42N4O5S. The molecule has 0 aromatic heterocycles. The number of benzene rings is 2. The van der Waals surface area contributed by atoms with E-state index in [4.69, 9.17) is 10.00 Å². The zero-order valence-electron chi connectivity index (χ0n) is 23.8. The lowest BCUT2D eigenvalue weighted by molar-refractivity contribution is 0.0392. The molecule has 39 heavy (non-hydrogen) atoms. The van der Waals surface area contributed by atoms with Crippen LogP contribution in [0.1, 0.15) is 53.0 Å². The number of carbonyl (C=O) groups is 1. The summed E-state index contributed by atoms with van der Waals surface area (Å²) in [6.45, 7) is 8.81. The minimum Gasteiger partial charge on any atom is -0.444 e. The minimum atomic E-state index is -4.04. The van der Waals surface area contributed by atoms with Crippen LogP contribution in [0.4, 0.5) is 10.5 Å². The molecule has 0 heterocycles. The molecule has 0 spiro atoms. The van der Waals surface area contributed by atoms with Gasteiger partial charge in [0, 0.05) is 32.2 Å². The first-order chi connectivity index (χ1) is 18.2. The van der Waals surface area contributed by atoms with Crippen LogP contribution >= 0.6 is 0 Å². The first-order valence-electron chi connectivity index (χ1n) is 13.0. The van der Waals surface area contributed by atoms with Crippen LogP contribution in [0, 0.1) is 16.7 Å². The van der Waals surface area contributed by atoms with E-state index < -0.39 is 39.3 Å². The molecule has 214 valence electrons. The Morgan fingerprint density at radius 3 is 2.36 bits per heavy atom. The number of aliphatic hydroxyl groups excluding tert-OH is 1. The first kappa shape index (κ1) is 32.1. The van der Waals surface area contributed by atoms with Gasteiger partial charge in [-0.25, -0.2) is 13.2 Å². The Hall–Kier alpha value is -3.13. The highest BCUT2D eigenvalue weighted by atomic mass is 32.2. The fourth-order valence-electron chi connectivity index (χ4n) is 4.11. The molecule has 2 unspecified atom stereocenters. The zero-order valence-corrected chi connectivity index (χ0v) is 24.6. The maximum absolute atomic E-state index is 13.9. The van der Waals surface area contributed by atoms with Gasteiger partial charge in [0.25, 0.3) is 0 Å². The Kier molecular flexibility index (Phi) is 11.3. The van der Waals surface area contributed by atoms with E-state index in [0.29, 0.717) is 12.1 Å². The second-order valence-corrected chi connectivity index (χ2v) is 13.3. The fraction of sp³-hybridized carbons (Fsp3) is 0.517. The van der Waals surface area contributed by atoms with Gasteiger partial charge in [0.15, 0.2) is 0 Å². The summed E-state index contributed by atoms with van der Waals surface area (Å²) in [6, 6.07) is 17.1. The zero-order chi connectivity index (χ0) is 29.3. The second-order valence-electron chi connectivity index (χ2n) is 11.4. The highest BCUT2D eigenvalue weighted by Gasteiger charge is 2.35. The number of alkyl carbamates (subject to hydrolysis) is 1. The van der Waals surface area contributed by atoms with E-state index in [-0.39, 0.29) is 30.8 Å². The topological polar surface area (TPSA) is 132 Å². The molecule has 1 amide bonds. The molecule has 9 nitrogen and oxygen atoms in total. The SMILES string of the molecule is CNc1cccc(S(=O)(=O)N(CC(O)C(Cc2ccccc2)NC(=O)OC(C)(C)C)CC(C)(C)CCC#N)c1. The minimum absolute atomic E-state index is 0.0718. The van der Waals surface area contributed by atoms with E-state index >= 15 is 0 Å². The van der Waals surface area contributed by atoms with E-state index in [9.17, 15) is 18.3 Å². The van der Waals surface area contributed by atoms with Crippen molar-refractivity contribution in [3.05, 3.63) is 60.2 Å². The van der Waals surface area contributed by atoms with E-state index in [1.54, 1.807) is 40.0 Å². The lowest BCUT2D eigenvalue weighted by atomic mass is 9.88. The van der Waals surface area contributed by atoms with E-state index in [1.165, 1.54) is 16.4 Å². The van der Waals surface area contributed by atoms with Gasteiger partial charge in [0.2, 0.25) is 10.0 Å². The van der Waals surface area contributed by atoms with Crippen molar-refractivity contribution in [3.8, 4) is 6.07 Å². The molecule has 2 rings (SSSR count). The van der Waals surface area contributed by atoms with Crippen molar-refractivity contribution in [1.29, 1.82) is 5.26 Å². The third-order valence-electron chi connectivity index (χ3n) is 6.13. The van der Waals surface area contributed by atoms with Crippen molar-refractivity contribution < 1.29 is 23.1 Å². The number of carbonyl (C=O) groups excluding carboxylic acids is 1. The number of anilines is 1. The van der Waals surface area contributed by atoms with Crippen molar-refractivity contribution in [3.63, 3.8) is 0 Å². The van der Waals surface area contributed by atoms with Crippen LogP contribution < -0.4 is 10.6 Å². The van der Waals surface area contributed by atoms with Crippen molar-refractivity contribution in [2.45, 2.75) is 76.5 Å². The molecule has 0 radical (unpaired) electrons. The number of aliphatic hydroxyl groups is 1. The molecule has 10 heteroatoms. The summed E-state index contributed by atoms with van der Waals surface area (Å²) in [6.07, 6.45) is -0.941. The first-order valence-corrected chi connectivity index (χ1v) is 14.5. The number of nitrogens with zero attached hydrogens (tertiary/aromatic N) is 2. The Bertz CT molecular complexity index is 1220. The van der Waals surface area contributed by atoms with Crippen molar-refractivity contribution >= 4 is 21.8 Å². The predicted octanol–water partition coefficient (Wildman–Crippen LogP) is 4.55. The highest BCUT2D eigenvalue weighted by Crippen LogP contribution is 2.28. The van der Waals surface area contributed by atoms with Gasteiger partial charge >= 0.3 is 6.09 Å². The summed E-state index contributed by atoms with van der Waals surface area (Å²) in [5, 5.41) is 26.2. The van der Waals surface area contributed by atoms with Crippen molar-refractivity contribution in [1.82, 2.24) is 9.62 Å². The van der Waals surface area contributed by atoms with Gasteiger partial charge in [-0.1, -0.05) is 50.2 Å². The van der Waals surface area contributed by atoms with Crippen LogP contribution in [0.15, 0.2) is 59.5 Å². The van der Waals surface area contributed by atoms with E-state index in [0.717, 1.165) is 5.56 Å². The molecule has 0 fully saturated rings. The average Bonchev–Trinajstić information content (AvgIpc) is 2.86. The molecule has 0 aliphatic heterocycles. The predicted molar refractivity (Wildman–Crippen MR) is 153 cm³/mol. The number of hydrogen-bond acceptors (Lipinski definition) is 7. The van der Waals surface area contributed by atoms with Crippen LogP contribution in [0.25, 0.3) is 0 Å². The van der Waals surface area contributed by atoms with Gasteiger partial charge < -0.3 is 20.5 Å².